The van der Waals surface area contributed by atoms with Crippen LogP contribution in [0.15, 0.2) is 243 Å². The van der Waals surface area contributed by atoms with Crippen LogP contribution in [0.5, 0.6) is 23.0 Å². The highest BCUT2D eigenvalue weighted by Crippen LogP contribution is 2.56. The number of benzene rings is 8. The van der Waals surface area contributed by atoms with Gasteiger partial charge < -0.3 is 17.7 Å². The SMILES string of the molecule is c1ccc(O[Si]2(Oc3ccccc3)C(c3ccccc3)=C(c3ccccc3)[Si](Oc3ccccc3)(Oc3ccccc3)C(c3ccccc3)=C2c2ccccc2)cc1. The standard InChI is InChI=1S/C52H40O4Si2/c1-9-25-41(26-10-1)49-50(42-27-11-2-12-28-42)58(55-47-37-21-7-22-38-47,56-48-39-23-8-24-40-48)52(44-31-15-4-16-32-44)51(43-29-13-3-14-30-43)57(49,53-45-33-17-5-18-34-45)54-46-35-19-6-20-36-46/h1-40H. The van der Waals surface area contributed by atoms with Crippen LogP contribution in [0, 0.1) is 0 Å². The van der Waals surface area contributed by atoms with Crippen molar-refractivity contribution in [2.75, 3.05) is 0 Å². The van der Waals surface area contributed by atoms with E-state index in [1.54, 1.807) is 0 Å². The fourth-order valence-corrected chi connectivity index (χ4v) is 17.1. The Labute approximate surface area is 342 Å². The largest absolute Gasteiger partial charge is 0.532 e. The lowest BCUT2D eigenvalue weighted by Gasteiger charge is -2.46. The van der Waals surface area contributed by atoms with Crippen LogP contribution in [0.2, 0.25) is 0 Å². The van der Waals surface area contributed by atoms with Gasteiger partial charge in [0.1, 0.15) is 23.0 Å². The minimum atomic E-state index is -4.09. The molecule has 4 nitrogen and oxygen atoms in total. The maximum Gasteiger partial charge on any atom is 0.532 e. The van der Waals surface area contributed by atoms with Gasteiger partial charge in [0, 0.05) is 20.8 Å². The van der Waals surface area contributed by atoms with Gasteiger partial charge >= 0.3 is 17.1 Å². The summed E-state index contributed by atoms with van der Waals surface area (Å²) in [6, 6.07) is 82.2. The maximum absolute atomic E-state index is 7.79. The monoisotopic (exact) mass is 784 g/mol. The number of hydrogen-bond donors (Lipinski definition) is 0. The topological polar surface area (TPSA) is 36.9 Å². The van der Waals surface area contributed by atoms with Crippen LogP contribution in [-0.2, 0) is 0 Å². The summed E-state index contributed by atoms with van der Waals surface area (Å²) in [7, 11) is -8.17. The molecule has 280 valence electrons. The molecule has 0 saturated heterocycles. The molecular formula is C52H40O4Si2. The average molecular weight is 785 g/mol. The highest BCUT2D eigenvalue weighted by atomic mass is 28.4. The van der Waals surface area contributed by atoms with Crippen molar-refractivity contribution in [2.24, 2.45) is 0 Å². The molecule has 0 bridgehead atoms. The third-order valence-electron chi connectivity index (χ3n) is 10.1. The molecule has 9 rings (SSSR count). The first-order valence-corrected chi connectivity index (χ1v) is 23.1. The van der Waals surface area contributed by atoms with E-state index in [9.17, 15) is 0 Å². The van der Waals surface area contributed by atoms with Gasteiger partial charge in [-0.2, -0.15) is 0 Å². The lowest BCUT2D eigenvalue weighted by atomic mass is 10.1. The second-order valence-corrected chi connectivity index (χ2v) is 19.1. The lowest BCUT2D eigenvalue weighted by Crippen LogP contribution is -2.63. The van der Waals surface area contributed by atoms with E-state index < -0.39 is 17.1 Å². The third kappa shape index (κ3) is 7.18. The summed E-state index contributed by atoms with van der Waals surface area (Å²) in [5.41, 5.74) is 3.80. The van der Waals surface area contributed by atoms with E-state index in [4.69, 9.17) is 17.7 Å². The fraction of sp³-hybridized carbons (Fsp3) is 0. The van der Waals surface area contributed by atoms with Crippen LogP contribution in [-0.4, -0.2) is 17.1 Å². The van der Waals surface area contributed by atoms with Crippen LogP contribution in [0.3, 0.4) is 0 Å². The summed E-state index contributed by atoms with van der Waals surface area (Å²) in [6.07, 6.45) is 0. The van der Waals surface area contributed by atoms with E-state index in [1.807, 2.05) is 146 Å². The van der Waals surface area contributed by atoms with Gasteiger partial charge in [0.25, 0.3) is 0 Å². The van der Waals surface area contributed by atoms with Crippen molar-refractivity contribution in [2.45, 2.75) is 0 Å². The van der Waals surface area contributed by atoms with Crippen LogP contribution in [0.1, 0.15) is 22.3 Å². The molecule has 0 radical (unpaired) electrons. The summed E-state index contributed by atoms with van der Waals surface area (Å²) in [5.74, 6) is 2.76. The molecule has 0 fully saturated rings. The van der Waals surface area contributed by atoms with Gasteiger partial charge in [-0.25, -0.2) is 0 Å². The molecule has 58 heavy (non-hydrogen) atoms. The van der Waals surface area contributed by atoms with Gasteiger partial charge in [-0.1, -0.05) is 194 Å². The molecule has 0 N–H and O–H groups in total. The summed E-state index contributed by atoms with van der Waals surface area (Å²) in [4.78, 5) is 0. The van der Waals surface area contributed by atoms with Crippen LogP contribution < -0.4 is 17.7 Å². The van der Waals surface area contributed by atoms with Crippen molar-refractivity contribution in [1.82, 2.24) is 0 Å². The Kier molecular flexibility index (Phi) is 10.4. The Morgan fingerprint density at radius 3 is 0.517 bits per heavy atom. The summed E-state index contributed by atoms with van der Waals surface area (Å²) < 4.78 is 31.2. The number of para-hydroxylation sites is 4. The first-order valence-electron chi connectivity index (χ1n) is 19.4. The highest BCUT2D eigenvalue weighted by molar-refractivity contribution is 7.19. The Morgan fingerprint density at radius 1 is 0.190 bits per heavy atom. The summed E-state index contributed by atoms with van der Waals surface area (Å²) in [5, 5.41) is 3.63. The van der Waals surface area contributed by atoms with Crippen molar-refractivity contribution in [3.05, 3.63) is 265 Å². The van der Waals surface area contributed by atoms with E-state index in [-0.39, 0.29) is 0 Å². The Hall–Kier alpha value is -7.13. The molecular weight excluding hydrogens is 745 g/mol. The van der Waals surface area contributed by atoms with E-state index in [0.29, 0.717) is 23.0 Å². The minimum Gasteiger partial charge on any atom is -0.506 e. The molecule has 8 aromatic rings. The molecule has 1 heterocycles. The van der Waals surface area contributed by atoms with E-state index >= 15 is 0 Å². The average Bonchev–Trinajstić information content (AvgIpc) is 3.29. The van der Waals surface area contributed by atoms with Crippen molar-refractivity contribution >= 4 is 37.9 Å². The van der Waals surface area contributed by atoms with Crippen molar-refractivity contribution in [3.63, 3.8) is 0 Å². The van der Waals surface area contributed by atoms with Gasteiger partial charge in [-0.15, -0.1) is 0 Å². The van der Waals surface area contributed by atoms with Crippen molar-refractivity contribution in [1.29, 1.82) is 0 Å². The van der Waals surface area contributed by atoms with Crippen LogP contribution >= 0.6 is 0 Å². The zero-order chi connectivity index (χ0) is 39.0. The normalized spacial score (nSPS) is 14.3. The smallest absolute Gasteiger partial charge is 0.506 e. The molecule has 6 heteroatoms. The predicted octanol–water partition coefficient (Wildman–Crippen LogP) is 12.6. The summed E-state index contributed by atoms with van der Waals surface area (Å²) in [6.45, 7) is 0. The molecule has 0 aliphatic carbocycles. The van der Waals surface area contributed by atoms with E-state index in [1.165, 1.54) is 0 Å². The maximum atomic E-state index is 7.79. The highest BCUT2D eigenvalue weighted by Gasteiger charge is 2.68. The third-order valence-corrected chi connectivity index (χ3v) is 17.5. The van der Waals surface area contributed by atoms with Gasteiger partial charge in [0.05, 0.1) is 0 Å². The van der Waals surface area contributed by atoms with E-state index in [2.05, 4.69) is 97.1 Å². The molecule has 0 atom stereocenters. The van der Waals surface area contributed by atoms with Crippen LogP contribution in [0.25, 0.3) is 20.8 Å². The Bertz CT molecular complexity index is 2250. The second kappa shape index (κ2) is 16.5. The molecule has 0 spiro atoms. The molecule has 0 unspecified atom stereocenters. The van der Waals surface area contributed by atoms with Gasteiger partial charge in [-0.05, 0) is 70.8 Å². The molecule has 0 aromatic heterocycles. The predicted molar refractivity (Wildman–Crippen MR) is 239 cm³/mol. The molecule has 1 aliphatic heterocycles. The Morgan fingerprint density at radius 2 is 0.345 bits per heavy atom. The zero-order valence-electron chi connectivity index (χ0n) is 31.7. The molecule has 0 saturated carbocycles. The first kappa shape index (κ1) is 36.5. The molecule has 1 aliphatic rings. The first-order chi connectivity index (χ1) is 28.7. The zero-order valence-corrected chi connectivity index (χ0v) is 33.7. The number of hydrogen-bond acceptors (Lipinski definition) is 4. The van der Waals surface area contributed by atoms with Gasteiger partial charge in [-0.3, -0.25) is 0 Å². The quantitative estimate of drug-likeness (QED) is 0.116. The minimum absolute atomic E-state index is 0.689. The fourth-order valence-electron chi connectivity index (χ4n) is 7.73. The summed E-state index contributed by atoms with van der Waals surface area (Å²) >= 11 is 0. The van der Waals surface area contributed by atoms with Crippen molar-refractivity contribution in [3.8, 4) is 23.0 Å². The number of rotatable bonds is 12. The lowest BCUT2D eigenvalue weighted by molar-refractivity contribution is 0.411. The molecule has 8 aromatic carbocycles. The van der Waals surface area contributed by atoms with Gasteiger partial charge in [0.15, 0.2) is 0 Å². The molecule has 0 amide bonds. The second-order valence-electron chi connectivity index (χ2n) is 13.9. The Balaban J connectivity index is 1.56. The van der Waals surface area contributed by atoms with Crippen molar-refractivity contribution < 1.29 is 17.7 Å². The van der Waals surface area contributed by atoms with Crippen LogP contribution in [0.4, 0.5) is 0 Å². The van der Waals surface area contributed by atoms with Gasteiger partial charge in [0.2, 0.25) is 0 Å². The van der Waals surface area contributed by atoms with E-state index in [0.717, 1.165) is 43.0 Å².